The van der Waals surface area contributed by atoms with Crippen molar-refractivity contribution in [1.82, 2.24) is 5.32 Å². The predicted molar refractivity (Wildman–Crippen MR) is 74.9 cm³/mol. The molecule has 8 heteroatoms. The molecule has 0 heterocycles. The minimum Gasteiger partial charge on any atom is -0.370 e. The number of benzene rings is 1. The van der Waals surface area contributed by atoms with Crippen LogP contribution in [0.1, 0.15) is 24.2 Å². The van der Waals surface area contributed by atoms with Gasteiger partial charge in [-0.15, -0.1) is 0 Å². The molecule has 0 aliphatic carbocycles. The van der Waals surface area contributed by atoms with Crippen molar-refractivity contribution in [2.24, 2.45) is 0 Å². The van der Waals surface area contributed by atoms with E-state index >= 15 is 0 Å². The van der Waals surface area contributed by atoms with Crippen molar-refractivity contribution in [3.8, 4) is 0 Å². The van der Waals surface area contributed by atoms with Crippen molar-refractivity contribution in [2.75, 3.05) is 18.5 Å². The summed E-state index contributed by atoms with van der Waals surface area (Å²) in [6.45, 7) is 1.29. The topological polar surface area (TPSA) is 67.4 Å². The average molecular weight is 318 g/mol. The van der Waals surface area contributed by atoms with Gasteiger partial charge in [0.15, 0.2) is 5.78 Å². The molecule has 0 fully saturated rings. The van der Waals surface area contributed by atoms with Crippen LogP contribution in [0.2, 0.25) is 0 Å². The van der Waals surface area contributed by atoms with E-state index in [2.05, 4.69) is 15.4 Å². The highest BCUT2D eigenvalue weighted by molar-refractivity contribution is 5.96. The van der Waals surface area contributed by atoms with Gasteiger partial charge in [0, 0.05) is 11.3 Å². The van der Waals surface area contributed by atoms with Gasteiger partial charge in [-0.2, -0.15) is 13.2 Å². The Hall–Kier alpha value is -2.09. The molecule has 0 radical (unpaired) electrons. The molecule has 1 aromatic rings. The third-order valence-corrected chi connectivity index (χ3v) is 2.54. The number of halogens is 3. The summed E-state index contributed by atoms with van der Waals surface area (Å²) >= 11 is 0. The van der Waals surface area contributed by atoms with Crippen LogP contribution < -0.4 is 10.6 Å². The van der Waals surface area contributed by atoms with Crippen LogP contribution >= 0.6 is 0 Å². The molecule has 0 aromatic heterocycles. The lowest BCUT2D eigenvalue weighted by atomic mass is 10.1. The van der Waals surface area contributed by atoms with Crippen LogP contribution in [0.5, 0.6) is 0 Å². The fourth-order valence-corrected chi connectivity index (χ4v) is 1.60. The number of amides is 2. The molecule has 0 bridgehead atoms. The normalized spacial score (nSPS) is 12.6. The highest BCUT2D eigenvalue weighted by Crippen LogP contribution is 2.14. The molecule has 0 saturated carbocycles. The number of hydrogen-bond donors (Lipinski definition) is 2. The Kier molecular flexibility index (Phi) is 6.36. The molecule has 2 N–H and O–H groups in total. The number of Topliss-reactive ketones (excluding diaryl/α,β-unsaturated/α-hetero) is 1. The maximum atomic E-state index is 11.9. The van der Waals surface area contributed by atoms with Gasteiger partial charge in [0.05, 0.1) is 12.6 Å². The lowest BCUT2D eigenvalue weighted by molar-refractivity contribution is -0.174. The number of hydrogen-bond acceptors (Lipinski definition) is 3. The Morgan fingerprint density at radius 3 is 2.59 bits per heavy atom. The summed E-state index contributed by atoms with van der Waals surface area (Å²) in [7, 11) is 0. The smallest absolute Gasteiger partial charge is 0.370 e. The van der Waals surface area contributed by atoms with Gasteiger partial charge in [-0.25, -0.2) is 4.79 Å². The van der Waals surface area contributed by atoms with E-state index in [1.807, 2.05) is 0 Å². The summed E-state index contributed by atoms with van der Waals surface area (Å²) in [6.07, 6.45) is -4.39. The van der Waals surface area contributed by atoms with Gasteiger partial charge in [0.25, 0.3) is 0 Å². The Morgan fingerprint density at radius 1 is 1.32 bits per heavy atom. The second-order valence-electron chi connectivity index (χ2n) is 4.77. The molecule has 0 unspecified atom stereocenters. The van der Waals surface area contributed by atoms with Crippen LogP contribution in [0.4, 0.5) is 23.7 Å². The van der Waals surface area contributed by atoms with Gasteiger partial charge in [0.1, 0.15) is 6.61 Å². The lowest BCUT2D eigenvalue weighted by Gasteiger charge is -2.16. The van der Waals surface area contributed by atoms with Crippen molar-refractivity contribution in [3.63, 3.8) is 0 Å². The number of carbonyl (C=O) groups is 2. The molecule has 1 rings (SSSR count). The zero-order valence-corrected chi connectivity index (χ0v) is 12.2. The van der Waals surface area contributed by atoms with Gasteiger partial charge in [0.2, 0.25) is 0 Å². The fraction of sp³-hybridized carbons (Fsp3) is 0.429. The molecule has 1 aromatic carbocycles. The molecule has 1 atom stereocenters. The average Bonchev–Trinajstić information content (AvgIpc) is 2.37. The first kappa shape index (κ1) is 18.0. The first-order chi connectivity index (χ1) is 10.2. The number of ketones is 1. The van der Waals surface area contributed by atoms with Crippen LogP contribution in [0.3, 0.4) is 0 Å². The Labute approximate surface area is 125 Å². The van der Waals surface area contributed by atoms with E-state index in [9.17, 15) is 22.8 Å². The predicted octanol–water partition coefficient (Wildman–Crippen LogP) is 2.98. The van der Waals surface area contributed by atoms with Crippen LogP contribution in [0, 0.1) is 0 Å². The van der Waals surface area contributed by atoms with Gasteiger partial charge in [-0.1, -0.05) is 12.1 Å². The first-order valence-corrected chi connectivity index (χ1v) is 6.50. The Bertz CT molecular complexity index is 532. The Balaban J connectivity index is 2.42. The maximum absolute atomic E-state index is 11.9. The monoisotopic (exact) mass is 318 g/mol. The van der Waals surface area contributed by atoms with Crippen LogP contribution in [-0.4, -0.2) is 37.2 Å². The van der Waals surface area contributed by atoms with Gasteiger partial charge in [-0.3, -0.25) is 4.79 Å². The fourth-order valence-electron chi connectivity index (χ4n) is 1.60. The molecule has 0 spiro atoms. The lowest BCUT2D eigenvalue weighted by Crippen LogP contribution is -2.39. The van der Waals surface area contributed by atoms with Crippen molar-refractivity contribution in [2.45, 2.75) is 26.1 Å². The maximum Gasteiger partial charge on any atom is 0.411 e. The second kappa shape index (κ2) is 7.79. The minimum atomic E-state index is -4.39. The number of urea groups is 1. The highest BCUT2D eigenvalue weighted by Gasteiger charge is 2.27. The summed E-state index contributed by atoms with van der Waals surface area (Å²) in [5.41, 5.74) is 0.855. The zero-order chi connectivity index (χ0) is 16.8. The molecule has 22 heavy (non-hydrogen) atoms. The standard InChI is InChI=1S/C14H17F3N2O3/c1-9(7-22-8-14(15,16)17)18-13(21)19-12-5-3-4-11(6-12)10(2)20/h3-6,9H,7-8H2,1-2H3,(H2,18,19,21)/t9-/m0/s1. The van der Waals surface area contributed by atoms with E-state index in [4.69, 9.17) is 0 Å². The molecule has 0 aliphatic heterocycles. The van der Waals surface area contributed by atoms with E-state index in [1.165, 1.54) is 19.9 Å². The molecule has 0 saturated heterocycles. The number of rotatable bonds is 6. The molecule has 0 aliphatic rings. The number of ether oxygens (including phenoxy) is 1. The summed E-state index contributed by atoms with van der Waals surface area (Å²) in [6, 6.07) is 5.13. The summed E-state index contributed by atoms with van der Waals surface area (Å²) in [5.74, 6) is -0.141. The quantitative estimate of drug-likeness (QED) is 0.792. The largest absolute Gasteiger partial charge is 0.411 e. The van der Waals surface area contributed by atoms with Crippen LogP contribution in [0.15, 0.2) is 24.3 Å². The van der Waals surface area contributed by atoms with E-state index in [0.717, 1.165) is 0 Å². The summed E-state index contributed by atoms with van der Waals surface area (Å²) in [5, 5.41) is 4.93. The van der Waals surface area contributed by atoms with Gasteiger partial charge >= 0.3 is 12.2 Å². The first-order valence-electron chi connectivity index (χ1n) is 6.50. The molecule has 122 valence electrons. The number of alkyl halides is 3. The second-order valence-corrected chi connectivity index (χ2v) is 4.77. The van der Waals surface area contributed by atoms with Crippen LogP contribution in [0.25, 0.3) is 0 Å². The number of anilines is 1. The zero-order valence-electron chi connectivity index (χ0n) is 12.2. The van der Waals surface area contributed by atoms with Crippen molar-refractivity contribution in [3.05, 3.63) is 29.8 Å². The molecule has 2 amide bonds. The Morgan fingerprint density at radius 2 is 2.00 bits per heavy atom. The number of carbonyl (C=O) groups excluding carboxylic acids is 2. The van der Waals surface area contributed by atoms with Crippen molar-refractivity contribution < 1.29 is 27.5 Å². The van der Waals surface area contributed by atoms with Crippen molar-refractivity contribution in [1.29, 1.82) is 0 Å². The summed E-state index contributed by atoms with van der Waals surface area (Å²) < 4.78 is 40.2. The third kappa shape index (κ3) is 7.07. The van der Waals surface area contributed by atoms with E-state index in [1.54, 1.807) is 18.2 Å². The minimum absolute atomic E-state index is 0.141. The van der Waals surface area contributed by atoms with Crippen molar-refractivity contribution >= 4 is 17.5 Å². The van der Waals surface area contributed by atoms with E-state index in [0.29, 0.717) is 11.3 Å². The van der Waals surface area contributed by atoms with E-state index < -0.39 is 24.9 Å². The van der Waals surface area contributed by atoms with Crippen LogP contribution in [-0.2, 0) is 4.74 Å². The SMILES string of the molecule is CC(=O)c1cccc(NC(=O)N[C@@H](C)COCC(F)(F)F)c1. The molecular weight excluding hydrogens is 301 g/mol. The van der Waals surface area contributed by atoms with Gasteiger partial charge < -0.3 is 15.4 Å². The molecule has 5 nitrogen and oxygen atoms in total. The third-order valence-electron chi connectivity index (χ3n) is 2.54. The van der Waals surface area contributed by atoms with Gasteiger partial charge in [-0.05, 0) is 26.0 Å². The number of nitrogens with one attached hydrogen (secondary N) is 2. The molecular formula is C14H17F3N2O3. The summed E-state index contributed by atoms with van der Waals surface area (Å²) in [4.78, 5) is 22.9. The van der Waals surface area contributed by atoms with E-state index in [-0.39, 0.29) is 12.4 Å². The highest BCUT2D eigenvalue weighted by atomic mass is 19.4.